The lowest BCUT2D eigenvalue weighted by atomic mass is 10.0. The zero-order chi connectivity index (χ0) is 23.9. The van der Waals surface area contributed by atoms with E-state index >= 15 is 0 Å². The molecule has 5 aromatic rings. The van der Waals surface area contributed by atoms with Gasteiger partial charge in [-0.1, -0.05) is 24.3 Å². The van der Waals surface area contributed by atoms with Gasteiger partial charge in [-0.15, -0.1) is 0 Å². The molecule has 1 unspecified atom stereocenters. The summed E-state index contributed by atoms with van der Waals surface area (Å²) in [6, 6.07) is 12.9. The van der Waals surface area contributed by atoms with Crippen molar-refractivity contribution in [3.63, 3.8) is 0 Å². The van der Waals surface area contributed by atoms with Gasteiger partial charge in [0.1, 0.15) is 17.6 Å². The van der Waals surface area contributed by atoms with E-state index in [1.54, 1.807) is 44.4 Å². The lowest BCUT2D eigenvalue weighted by molar-refractivity contribution is 0.255. The van der Waals surface area contributed by atoms with Crippen LogP contribution in [0.15, 0.2) is 59.8 Å². The molecule has 35 heavy (non-hydrogen) atoms. The highest BCUT2D eigenvalue weighted by molar-refractivity contribution is 5.81. The minimum atomic E-state index is -0.207. The highest BCUT2D eigenvalue weighted by Crippen LogP contribution is 2.35. The van der Waals surface area contributed by atoms with Crippen molar-refractivity contribution in [2.45, 2.75) is 19.0 Å². The lowest BCUT2D eigenvalue weighted by Gasteiger charge is -2.26. The van der Waals surface area contributed by atoms with Crippen LogP contribution in [0.2, 0.25) is 0 Å². The van der Waals surface area contributed by atoms with Crippen LogP contribution < -0.4 is 15.7 Å². The highest BCUT2D eigenvalue weighted by atomic mass is 16.5. The Morgan fingerprint density at radius 2 is 2.09 bits per heavy atom. The summed E-state index contributed by atoms with van der Waals surface area (Å²) in [6.07, 6.45) is 3.99. The van der Waals surface area contributed by atoms with Crippen molar-refractivity contribution in [3.05, 3.63) is 82.5 Å². The minimum absolute atomic E-state index is 0.130. The van der Waals surface area contributed by atoms with E-state index in [9.17, 15) is 4.79 Å². The Hall–Kier alpha value is -4.49. The van der Waals surface area contributed by atoms with Gasteiger partial charge in [0, 0.05) is 25.1 Å². The molecule has 0 aliphatic carbocycles. The fraction of sp³-hybridized carbons (Fsp3) is 0.240. The fourth-order valence-electron chi connectivity index (χ4n) is 4.70. The molecule has 1 N–H and O–H groups in total. The molecular formula is C25H22N8O2. The molecule has 1 aliphatic heterocycles. The number of nitrogens with zero attached hydrogens (tertiary/aromatic N) is 7. The van der Waals surface area contributed by atoms with Gasteiger partial charge in [0.25, 0.3) is 0 Å². The van der Waals surface area contributed by atoms with Gasteiger partial charge in [-0.2, -0.15) is 4.98 Å². The summed E-state index contributed by atoms with van der Waals surface area (Å²) >= 11 is 0. The monoisotopic (exact) mass is 466 g/mol. The topological polar surface area (TPSA) is 96.2 Å². The number of likely N-dealkylation sites (N-methyl/N-ethyl adjacent to an activating group) is 1. The molecule has 2 aromatic carbocycles. The van der Waals surface area contributed by atoms with Crippen molar-refractivity contribution >= 4 is 27.9 Å². The van der Waals surface area contributed by atoms with Crippen molar-refractivity contribution in [1.29, 1.82) is 0 Å². The van der Waals surface area contributed by atoms with Gasteiger partial charge in [-0.3, -0.25) is 13.7 Å². The van der Waals surface area contributed by atoms with Crippen LogP contribution in [-0.4, -0.2) is 48.9 Å². The van der Waals surface area contributed by atoms with Crippen LogP contribution >= 0.6 is 0 Å². The second-order valence-electron chi connectivity index (χ2n) is 8.38. The molecular weight excluding hydrogens is 444 g/mol. The summed E-state index contributed by atoms with van der Waals surface area (Å²) in [5.41, 5.74) is 4.04. The number of rotatable bonds is 5. The molecule has 0 fully saturated rings. The van der Waals surface area contributed by atoms with E-state index in [-0.39, 0.29) is 11.7 Å². The maximum Gasteiger partial charge on any atom is 0.330 e. The van der Waals surface area contributed by atoms with Crippen molar-refractivity contribution in [1.82, 2.24) is 34.0 Å². The van der Waals surface area contributed by atoms with Gasteiger partial charge >= 0.3 is 5.69 Å². The zero-order valence-corrected chi connectivity index (χ0v) is 19.0. The minimum Gasteiger partial charge on any atom is -0.493 e. The first-order valence-corrected chi connectivity index (χ1v) is 11.4. The predicted molar refractivity (Wildman–Crippen MR) is 131 cm³/mol. The number of benzene rings is 2. The Labute approximate surface area is 200 Å². The van der Waals surface area contributed by atoms with Crippen LogP contribution in [0.4, 0.5) is 5.69 Å². The Morgan fingerprint density at radius 3 is 2.94 bits per heavy atom. The summed E-state index contributed by atoms with van der Waals surface area (Å²) in [5.74, 6) is 1.18. The van der Waals surface area contributed by atoms with E-state index in [1.807, 2.05) is 31.3 Å². The first kappa shape index (κ1) is 21.1. The molecule has 10 heteroatoms. The number of fused-ring (bicyclic) bond motifs is 3. The van der Waals surface area contributed by atoms with Gasteiger partial charge in [0.15, 0.2) is 11.3 Å². The van der Waals surface area contributed by atoms with Crippen LogP contribution in [0.1, 0.15) is 18.0 Å². The van der Waals surface area contributed by atoms with E-state index in [4.69, 9.17) is 16.3 Å². The predicted octanol–water partition coefficient (Wildman–Crippen LogP) is 3.07. The Balaban J connectivity index is 1.58. The van der Waals surface area contributed by atoms with Gasteiger partial charge in [0.2, 0.25) is 5.95 Å². The second kappa shape index (κ2) is 8.38. The first-order chi connectivity index (χ1) is 17.2. The summed E-state index contributed by atoms with van der Waals surface area (Å²) in [6.45, 7) is 8.99. The molecule has 0 saturated heterocycles. The molecule has 6 rings (SSSR count). The summed E-state index contributed by atoms with van der Waals surface area (Å²) in [5, 5.41) is 3.11. The maximum atomic E-state index is 13.7. The third-order valence-electron chi connectivity index (χ3n) is 6.39. The Morgan fingerprint density at radius 1 is 1.20 bits per heavy atom. The molecule has 0 radical (unpaired) electrons. The van der Waals surface area contributed by atoms with E-state index < -0.39 is 0 Å². The molecule has 0 amide bonds. The van der Waals surface area contributed by atoms with E-state index in [2.05, 4.69) is 20.1 Å². The summed E-state index contributed by atoms with van der Waals surface area (Å²) < 4.78 is 11.1. The molecule has 3 aromatic heterocycles. The van der Waals surface area contributed by atoms with Crippen LogP contribution in [0, 0.1) is 6.57 Å². The number of imidazole rings is 2. The quantitative estimate of drug-likeness (QED) is 0.400. The lowest BCUT2D eigenvalue weighted by Crippen LogP contribution is -2.32. The van der Waals surface area contributed by atoms with Crippen molar-refractivity contribution in [2.24, 2.45) is 0 Å². The molecule has 0 saturated carbocycles. The molecule has 174 valence electrons. The average Bonchev–Trinajstić information content (AvgIpc) is 3.44. The standard InChI is InChI=1S/C25H22N8O2/c1-26-10-11-31-21-14-28-24(32-15-29-18-8-7-16(27-2)13-20(18)32)30-23(21)33(25(31)34)19-9-12-35-22-6-4-3-5-17(19)22/h3-8,13-15,19,26H,9-12H2,1H3. The fourth-order valence-corrected chi connectivity index (χ4v) is 4.70. The molecule has 1 aliphatic rings. The molecule has 4 heterocycles. The van der Waals surface area contributed by atoms with Crippen LogP contribution in [0.25, 0.3) is 33.0 Å². The number of hydrogen-bond donors (Lipinski definition) is 1. The van der Waals surface area contributed by atoms with Crippen LogP contribution in [-0.2, 0) is 6.54 Å². The van der Waals surface area contributed by atoms with Gasteiger partial charge in [-0.25, -0.2) is 19.6 Å². The van der Waals surface area contributed by atoms with Gasteiger partial charge < -0.3 is 10.1 Å². The molecule has 10 nitrogen and oxygen atoms in total. The number of ether oxygens (including phenoxy) is 1. The number of para-hydroxylation sites is 1. The zero-order valence-electron chi connectivity index (χ0n) is 19.0. The number of nitrogens with one attached hydrogen (secondary N) is 1. The van der Waals surface area contributed by atoms with Crippen LogP contribution in [0.3, 0.4) is 0 Å². The summed E-state index contributed by atoms with van der Waals surface area (Å²) in [4.78, 5) is 31.2. The first-order valence-electron chi connectivity index (χ1n) is 11.4. The molecule has 1 atom stereocenters. The smallest absolute Gasteiger partial charge is 0.330 e. The van der Waals surface area contributed by atoms with Crippen molar-refractivity contribution < 1.29 is 4.74 Å². The van der Waals surface area contributed by atoms with Gasteiger partial charge in [-0.05, 0) is 25.2 Å². The van der Waals surface area contributed by atoms with Gasteiger partial charge in [0.05, 0.1) is 36.5 Å². The maximum absolute atomic E-state index is 13.7. The molecule has 0 spiro atoms. The van der Waals surface area contributed by atoms with Crippen LogP contribution in [0.5, 0.6) is 5.75 Å². The third kappa shape index (κ3) is 3.36. The molecule has 0 bridgehead atoms. The van der Waals surface area contributed by atoms with E-state index in [0.29, 0.717) is 48.9 Å². The summed E-state index contributed by atoms with van der Waals surface area (Å²) in [7, 11) is 1.86. The largest absolute Gasteiger partial charge is 0.493 e. The average molecular weight is 467 g/mol. The third-order valence-corrected chi connectivity index (χ3v) is 6.39. The van der Waals surface area contributed by atoms with Crippen molar-refractivity contribution in [2.75, 3.05) is 20.2 Å². The second-order valence-corrected chi connectivity index (χ2v) is 8.38. The normalized spacial score (nSPS) is 15.1. The number of aromatic nitrogens is 6. The Bertz CT molecular complexity index is 1670. The number of hydrogen-bond acceptors (Lipinski definition) is 6. The highest BCUT2D eigenvalue weighted by Gasteiger charge is 2.28. The Kier molecular flexibility index (Phi) is 5.04. The van der Waals surface area contributed by atoms with E-state index in [0.717, 1.165) is 22.3 Å². The van der Waals surface area contributed by atoms with Crippen molar-refractivity contribution in [3.8, 4) is 11.7 Å². The van der Waals surface area contributed by atoms with E-state index in [1.165, 1.54) is 0 Å². The SMILES string of the molecule is [C-]#[N+]c1ccc2ncn(-c3ncc4c(n3)n(C3CCOc5ccccc53)c(=O)n4CCNC)c2c1.